The first-order valence-electron chi connectivity index (χ1n) is 9.12. The molecule has 2 saturated heterocycles. The van der Waals surface area contributed by atoms with Crippen LogP contribution in [0.3, 0.4) is 0 Å². The number of carbonyl (C=O) groups excluding carboxylic acids is 1. The van der Waals surface area contributed by atoms with E-state index in [1.165, 1.54) is 12.8 Å². The molecule has 24 heavy (non-hydrogen) atoms. The number of carbonyl (C=O) groups is 1. The van der Waals surface area contributed by atoms with Crippen LogP contribution in [0.1, 0.15) is 30.1 Å². The van der Waals surface area contributed by atoms with Gasteiger partial charge in [-0.2, -0.15) is 0 Å². The fourth-order valence-electron chi connectivity index (χ4n) is 4.04. The van der Waals surface area contributed by atoms with E-state index in [9.17, 15) is 4.79 Å². The summed E-state index contributed by atoms with van der Waals surface area (Å²) >= 11 is 0. The Hall–Kier alpha value is -1.59. The van der Waals surface area contributed by atoms with E-state index >= 15 is 0 Å². The molecular weight excluding hydrogens is 304 g/mol. The fraction of sp³-hybridized carbons (Fsp3) is 0.632. The van der Waals surface area contributed by atoms with Crippen molar-refractivity contribution < 1.29 is 14.3 Å². The van der Waals surface area contributed by atoms with Crippen LogP contribution >= 0.6 is 0 Å². The van der Waals surface area contributed by atoms with Gasteiger partial charge in [-0.3, -0.25) is 9.69 Å². The van der Waals surface area contributed by atoms with Crippen LogP contribution in [0.2, 0.25) is 0 Å². The molecule has 5 heteroatoms. The topological polar surface area (TPSA) is 42.0 Å². The number of morpholine rings is 1. The number of benzene rings is 1. The molecule has 1 aromatic rings. The molecule has 2 aliphatic heterocycles. The number of nitrogens with zero attached hydrogens (tertiary/aromatic N) is 2. The first-order valence-corrected chi connectivity index (χ1v) is 9.12. The highest BCUT2D eigenvalue weighted by Crippen LogP contribution is 2.38. The van der Waals surface area contributed by atoms with Gasteiger partial charge in [0.15, 0.2) is 0 Å². The minimum absolute atomic E-state index is 0.0762. The molecule has 3 aliphatic rings. The normalized spacial score (nSPS) is 27.6. The van der Waals surface area contributed by atoms with E-state index in [4.69, 9.17) is 9.47 Å². The first-order chi connectivity index (χ1) is 11.8. The van der Waals surface area contributed by atoms with E-state index in [0.29, 0.717) is 30.0 Å². The Balaban J connectivity index is 1.47. The van der Waals surface area contributed by atoms with Crippen molar-refractivity contribution in [2.75, 3.05) is 39.5 Å². The lowest BCUT2D eigenvalue weighted by molar-refractivity contribution is -0.0816. The maximum absolute atomic E-state index is 13.0. The average Bonchev–Trinajstić information content (AvgIpc) is 3.46. The van der Waals surface area contributed by atoms with Crippen LogP contribution in [0.4, 0.5) is 0 Å². The maximum atomic E-state index is 13.0. The quantitative estimate of drug-likeness (QED) is 0.847. The number of rotatable bonds is 4. The number of fused-ring (bicyclic) bond motifs is 1. The first kappa shape index (κ1) is 15.9. The summed E-state index contributed by atoms with van der Waals surface area (Å²) in [5, 5.41) is 0. The third kappa shape index (κ3) is 3.03. The molecule has 5 nitrogen and oxygen atoms in total. The molecule has 1 aliphatic carbocycles. The Morgan fingerprint density at radius 1 is 1.25 bits per heavy atom. The van der Waals surface area contributed by atoms with Gasteiger partial charge in [-0.1, -0.05) is 12.1 Å². The predicted molar refractivity (Wildman–Crippen MR) is 91.3 cm³/mol. The van der Waals surface area contributed by atoms with E-state index < -0.39 is 0 Å². The molecule has 2 atom stereocenters. The summed E-state index contributed by atoms with van der Waals surface area (Å²) in [5.41, 5.74) is 0.670. The Labute approximate surface area is 143 Å². The van der Waals surface area contributed by atoms with Gasteiger partial charge >= 0.3 is 0 Å². The van der Waals surface area contributed by atoms with Gasteiger partial charge < -0.3 is 14.4 Å². The SMILES string of the molecule is CCOc1ccccc1C(=O)N1CCN2[C@@H](COC[C@@H]2C2CC2)C1. The molecule has 0 spiro atoms. The minimum atomic E-state index is 0.0762. The Bertz CT molecular complexity index is 602. The van der Waals surface area contributed by atoms with E-state index in [2.05, 4.69) is 4.90 Å². The number of para-hydroxylation sites is 1. The van der Waals surface area contributed by atoms with Crippen LogP contribution < -0.4 is 4.74 Å². The van der Waals surface area contributed by atoms with Crippen molar-refractivity contribution in [2.24, 2.45) is 5.92 Å². The molecule has 1 amide bonds. The third-order valence-corrected chi connectivity index (χ3v) is 5.42. The molecular formula is C19H26N2O3. The Kier molecular flexibility index (Phi) is 4.46. The molecule has 1 saturated carbocycles. The van der Waals surface area contributed by atoms with Gasteiger partial charge in [0.2, 0.25) is 0 Å². The summed E-state index contributed by atoms with van der Waals surface area (Å²) in [6, 6.07) is 8.45. The summed E-state index contributed by atoms with van der Waals surface area (Å²) in [7, 11) is 0. The van der Waals surface area contributed by atoms with Crippen LogP contribution in [0, 0.1) is 5.92 Å². The minimum Gasteiger partial charge on any atom is -0.493 e. The van der Waals surface area contributed by atoms with Crippen molar-refractivity contribution in [1.82, 2.24) is 9.80 Å². The number of hydrogen-bond donors (Lipinski definition) is 0. The highest BCUT2D eigenvalue weighted by atomic mass is 16.5. The van der Waals surface area contributed by atoms with E-state index in [1.807, 2.05) is 36.1 Å². The van der Waals surface area contributed by atoms with Crippen LogP contribution in [-0.4, -0.2) is 67.2 Å². The van der Waals surface area contributed by atoms with Gasteiger partial charge in [0.25, 0.3) is 5.91 Å². The lowest BCUT2D eigenvalue weighted by Crippen LogP contribution is -2.63. The molecule has 3 fully saturated rings. The maximum Gasteiger partial charge on any atom is 0.257 e. The number of amides is 1. The second-order valence-electron chi connectivity index (χ2n) is 7.01. The molecule has 1 aromatic carbocycles. The molecule has 2 heterocycles. The molecule has 0 unspecified atom stereocenters. The highest BCUT2D eigenvalue weighted by Gasteiger charge is 2.43. The van der Waals surface area contributed by atoms with Crippen molar-refractivity contribution in [3.8, 4) is 5.75 Å². The zero-order valence-electron chi connectivity index (χ0n) is 14.3. The smallest absolute Gasteiger partial charge is 0.257 e. The van der Waals surface area contributed by atoms with Crippen molar-refractivity contribution in [3.63, 3.8) is 0 Å². The molecule has 4 rings (SSSR count). The number of ether oxygens (including phenoxy) is 2. The second-order valence-corrected chi connectivity index (χ2v) is 7.01. The highest BCUT2D eigenvalue weighted by molar-refractivity contribution is 5.97. The zero-order chi connectivity index (χ0) is 16.5. The van der Waals surface area contributed by atoms with Gasteiger partial charge in [-0.15, -0.1) is 0 Å². The molecule has 0 bridgehead atoms. The van der Waals surface area contributed by atoms with Gasteiger partial charge in [-0.25, -0.2) is 0 Å². The monoisotopic (exact) mass is 330 g/mol. The lowest BCUT2D eigenvalue weighted by atomic mass is 10.0. The lowest BCUT2D eigenvalue weighted by Gasteiger charge is -2.48. The van der Waals surface area contributed by atoms with Crippen molar-refractivity contribution in [2.45, 2.75) is 31.8 Å². The molecule has 0 N–H and O–H groups in total. The fourth-order valence-corrected chi connectivity index (χ4v) is 4.04. The van der Waals surface area contributed by atoms with Crippen molar-refractivity contribution in [1.29, 1.82) is 0 Å². The summed E-state index contributed by atoms with van der Waals surface area (Å²) in [6.07, 6.45) is 2.67. The summed E-state index contributed by atoms with van der Waals surface area (Å²) < 4.78 is 11.5. The van der Waals surface area contributed by atoms with Crippen LogP contribution in [-0.2, 0) is 4.74 Å². The van der Waals surface area contributed by atoms with Gasteiger partial charge in [-0.05, 0) is 37.8 Å². The number of hydrogen-bond acceptors (Lipinski definition) is 4. The van der Waals surface area contributed by atoms with E-state index in [1.54, 1.807) is 0 Å². The van der Waals surface area contributed by atoms with Crippen LogP contribution in [0.15, 0.2) is 24.3 Å². The third-order valence-electron chi connectivity index (χ3n) is 5.42. The summed E-state index contributed by atoms with van der Waals surface area (Å²) in [4.78, 5) is 17.6. The molecule has 0 radical (unpaired) electrons. The number of piperazine rings is 1. The van der Waals surface area contributed by atoms with Gasteiger partial charge in [0.1, 0.15) is 5.75 Å². The summed E-state index contributed by atoms with van der Waals surface area (Å²) in [5.74, 6) is 1.57. The van der Waals surface area contributed by atoms with E-state index in [-0.39, 0.29) is 5.91 Å². The predicted octanol–water partition coefficient (Wildman–Crippen LogP) is 2.02. The van der Waals surface area contributed by atoms with Gasteiger partial charge in [0, 0.05) is 25.7 Å². The van der Waals surface area contributed by atoms with Crippen molar-refractivity contribution >= 4 is 5.91 Å². The zero-order valence-corrected chi connectivity index (χ0v) is 14.3. The Morgan fingerprint density at radius 3 is 2.88 bits per heavy atom. The molecule has 130 valence electrons. The average molecular weight is 330 g/mol. The largest absolute Gasteiger partial charge is 0.493 e. The standard InChI is InChI=1S/C19H26N2O3/c1-2-24-18-6-4-3-5-16(18)19(22)20-9-10-21-15(11-20)12-23-13-17(21)14-7-8-14/h3-6,14-15,17H,2,7-13H2,1H3/t15-,17-/m1/s1. The van der Waals surface area contributed by atoms with E-state index in [0.717, 1.165) is 38.8 Å². The summed E-state index contributed by atoms with van der Waals surface area (Å²) in [6.45, 7) is 6.61. The van der Waals surface area contributed by atoms with Gasteiger partial charge in [0.05, 0.1) is 31.4 Å². The Morgan fingerprint density at radius 2 is 2.08 bits per heavy atom. The van der Waals surface area contributed by atoms with Crippen molar-refractivity contribution in [3.05, 3.63) is 29.8 Å². The molecule has 0 aromatic heterocycles. The van der Waals surface area contributed by atoms with Crippen LogP contribution in [0.5, 0.6) is 5.75 Å². The second kappa shape index (κ2) is 6.73. The van der Waals surface area contributed by atoms with Crippen LogP contribution in [0.25, 0.3) is 0 Å².